The van der Waals surface area contributed by atoms with Gasteiger partial charge in [0.2, 0.25) is 0 Å². The van der Waals surface area contributed by atoms with E-state index in [1.54, 1.807) is 13.8 Å². The van der Waals surface area contributed by atoms with Crippen molar-refractivity contribution in [3.8, 4) is 0 Å². The molecular formula is C24H31N3O4. The van der Waals surface area contributed by atoms with Crippen molar-refractivity contribution >= 4 is 17.5 Å². The Bertz CT molecular complexity index is 868. The summed E-state index contributed by atoms with van der Waals surface area (Å²) in [5.41, 5.74) is 2.62. The molecule has 7 nitrogen and oxygen atoms in total. The van der Waals surface area contributed by atoms with Crippen LogP contribution in [-0.2, 0) is 16.1 Å². The number of aliphatic hydroxyl groups is 2. The molecule has 0 saturated carbocycles. The summed E-state index contributed by atoms with van der Waals surface area (Å²) in [6, 6.07) is 16.4. The van der Waals surface area contributed by atoms with Crippen molar-refractivity contribution in [2.75, 3.05) is 11.9 Å². The van der Waals surface area contributed by atoms with E-state index in [1.807, 2.05) is 73.8 Å². The van der Waals surface area contributed by atoms with E-state index in [0.29, 0.717) is 6.54 Å². The van der Waals surface area contributed by atoms with Gasteiger partial charge in [0, 0.05) is 18.8 Å². The summed E-state index contributed by atoms with van der Waals surface area (Å²) in [6.45, 7) is 6.07. The van der Waals surface area contributed by atoms with E-state index in [4.69, 9.17) is 0 Å². The minimum absolute atomic E-state index is 0.283. The van der Waals surface area contributed by atoms with Crippen LogP contribution in [0.25, 0.3) is 0 Å². The van der Waals surface area contributed by atoms with E-state index in [1.165, 1.54) is 4.90 Å². The molecule has 0 bridgehead atoms. The maximum Gasteiger partial charge on any atom is 0.254 e. The molecule has 0 saturated heterocycles. The highest BCUT2D eigenvalue weighted by Gasteiger charge is 2.33. The molecule has 0 aliphatic carbocycles. The third kappa shape index (κ3) is 6.94. The Morgan fingerprint density at radius 2 is 1.68 bits per heavy atom. The fourth-order valence-corrected chi connectivity index (χ4v) is 3.04. The maximum absolute atomic E-state index is 12.6. The Morgan fingerprint density at radius 1 is 1.03 bits per heavy atom. The Morgan fingerprint density at radius 3 is 2.26 bits per heavy atom. The molecule has 3 unspecified atom stereocenters. The van der Waals surface area contributed by atoms with Crippen LogP contribution >= 0.6 is 0 Å². The van der Waals surface area contributed by atoms with E-state index in [2.05, 4.69) is 10.6 Å². The van der Waals surface area contributed by atoms with Gasteiger partial charge in [-0.15, -0.1) is 0 Å². The molecule has 4 N–H and O–H groups in total. The molecule has 2 rings (SSSR count). The van der Waals surface area contributed by atoms with E-state index < -0.39 is 30.1 Å². The highest BCUT2D eigenvalue weighted by molar-refractivity contribution is 5.90. The highest BCUT2D eigenvalue weighted by atomic mass is 16.3. The summed E-state index contributed by atoms with van der Waals surface area (Å²) >= 11 is 0. The molecule has 2 aromatic rings. The largest absolute Gasteiger partial charge is 0.380 e. The molecule has 2 aromatic carbocycles. The second kappa shape index (κ2) is 11.9. The Balaban J connectivity index is 1.96. The van der Waals surface area contributed by atoms with Gasteiger partial charge in [0.05, 0.1) is 6.04 Å². The third-order valence-electron chi connectivity index (χ3n) is 4.92. The van der Waals surface area contributed by atoms with Crippen molar-refractivity contribution in [1.82, 2.24) is 10.2 Å². The zero-order chi connectivity index (χ0) is 22.8. The first-order valence-electron chi connectivity index (χ1n) is 10.3. The lowest BCUT2D eigenvalue weighted by molar-refractivity contribution is -0.153. The second-order valence-electron chi connectivity index (χ2n) is 7.22. The zero-order valence-electron chi connectivity index (χ0n) is 18.2. The average Bonchev–Trinajstić information content (AvgIpc) is 2.80. The van der Waals surface area contributed by atoms with E-state index in [0.717, 1.165) is 16.8 Å². The molecule has 3 atom stereocenters. The predicted octanol–water partition coefficient (Wildman–Crippen LogP) is 2.58. The topological polar surface area (TPSA) is 102 Å². The number of carbonyl (C=O) groups excluding carboxylic acids is 2. The van der Waals surface area contributed by atoms with Crippen molar-refractivity contribution in [2.24, 2.45) is 0 Å². The van der Waals surface area contributed by atoms with Crippen LogP contribution in [0.1, 0.15) is 37.9 Å². The van der Waals surface area contributed by atoms with Gasteiger partial charge in [-0.25, -0.2) is 0 Å². The molecule has 0 aromatic heterocycles. The Kier molecular flexibility index (Phi) is 9.24. The summed E-state index contributed by atoms with van der Waals surface area (Å²) in [4.78, 5) is 26.5. The lowest BCUT2D eigenvalue weighted by atomic mass is 10.1. The van der Waals surface area contributed by atoms with Crippen molar-refractivity contribution in [3.63, 3.8) is 0 Å². The zero-order valence-corrected chi connectivity index (χ0v) is 18.2. The number of likely N-dealkylation sites (N-methyl/N-ethyl adjacent to an activating group) is 1. The first kappa shape index (κ1) is 24.1. The fourth-order valence-electron chi connectivity index (χ4n) is 3.04. The molecule has 0 spiro atoms. The monoisotopic (exact) mass is 425 g/mol. The van der Waals surface area contributed by atoms with Crippen LogP contribution in [0.3, 0.4) is 0 Å². The number of allylic oxidation sites excluding steroid dienone is 1. The van der Waals surface area contributed by atoms with E-state index in [-0.39, 0.29) is 6.54 Å². The molecule has 31 heavy (non-hydrogen) atoms. The number of nitrogens with one attached hydrogen (secondary N) is 2. The van der Waals surface area contributed by atoms with Gasteiger partial charge in [-0.1, -0.05) is 48.5 Å². The number of rotatable bonds is 10. The van der Waals surface area contributed by atoms with Crippen molar-refractivity contribution in [2.45, 2.75) is 45.6 Å². The Hall–Kier alpha value is -3.16. The van der Waals surface area contributed by atoms with Gasteiger partial charge in [-0.2, -0.15) is 0 Å². The fraction of sp³-hybridized carbons (Fsp3) is 0.333. The molecular weight excluding hydrogens is 394 g/mol. The number of anilines is 1. The number of hydrogen-bond donors (Lipinski definition) is 4. The van der Waals surface area contributed by atoms with E-state index >= 15 is 0 Å². The summed E-state index contributed by atoms with van der Waals surface area (Å²) in [5.74, 6) is -1.50. The summed E-state index contributed by atoms with van der Waals surface area (Å²) in [6.07, 6.45) is -0.0185. The molecule has 7 heteroatoms. The molecule has 0 aliphatic heterocycles. The molecule has 2 amide bonds. The molecule has 166 valence electrons. The summed E-state index contributed by atoms with van der Waals surface area (Å²) in [5, 5.41) is 26.3. The van der Waals surface area contributed by atoms with Gasteiger partial charge in [0.15, 0.2) is 12.2 Å². The first-order valence-corrected chi connectivity index (χ1v) is 10.3. The molecule has 0 radical (unpaired) electrons. The smallest absolute Gasteiger partial charge is 0.254 e. The predicted molar refractivity (Wildman–Crippen MR) is 121 cm³/mol. The van der Waals surface area contributed by atoms with Gasteiger partial charge >= 0.3 is 0 Å². The van der Waals surface area contributed by atoms with Gasteiger partial charge in [0.25, 0.3) is 11.8 Å². The average molecular weight is 426 g/mol. The van der Waals surface area contributed by atoms with Crippen LogP contribution in [0.2, 0.25) is 0 Å². The quantitative estimate of drug-likeness (QED) is 0.469. The van der Waals surface area contributed by atoms with Gasteiger partial charge in [0.1, 0.15) is 0 Å². The highest BCUT2D eigenvalue weighted by Crippen LogP contribution is 2.17. The first-order chi connectivity index (χ1) is 14.9. The SMILES string of the molecule is C/C=C\Nc1ccc(C(C)NC(=O)C(O)C(O)C(=O)N(CC)Cc2ccccc2)cc1. The number of aliphatic hydroxyl groups excluding tert-OH is 2. The van der Waals surface area contributed by atoms with Crippen molar-refractivity contribution in [3.05, 3.63) is 78.0 Å². The normalized spacial score (nSPS) is 14.0. The van der Waals surface area contributed by atoms with Crippen LogP contribution in [0.5, 0.6) is 0 Å². The van der Waals surface area contributed by atoms with Crippen LogP contribution in [0.4, 0.5) is 5.69 Å². The number of benzene rings is 2. The van der Waals surface area contributed by atoms with E-state index in [9.17, 15) is 19.8 Å². The van der Waals surface area contributed by atoms with Crippen LogP contribution in [-0.4, -0.2) is 45.7 Å². The van der Waals surface area contributed by atoms with Crippen molar-refractivity contribution in [1.29, 1.82) is 0 Å². The maximum atomic E-state index is 12.6. The number of carbonyl (C=O) groups is 2. The van der Waals surface area contributed by atoms with Gasteiger partial charge in [-0.3, -0.25) is 9.59 Å². The van der Waals surface area contributed by atoms with Gasteiger partial charge < -0.3 is 25.7 Å². The lowest BCUT2D eigenvalue weighted by Gasteiger charge is -2.26. The number of hydrogen-bond acceptors (Lipinski definition) is 5. The van der Waals surface area contributed by atoms with Gasteiger partial charge in [-0.05, 0) is 50.2 Å². The molecule has 0 fully saturated rings. The standard InChI is InChI=1S/C24H31N3O4/c1-4-15-25-20-13-11-19(12-14-20)17(3)26-23(30)21(28)22(29)24(31)27(5-2)16-18-9-7-6-8-10-18/h4,6-15,17,21-22,25,28-29H,5,16H2,1-3H3,(H,26,30)/b15-4-. The summed E-state index contributed by atoms with van der Waals surface area (Å²) < 4.78 is 0. The lowest BCUT2D eigenvalue weighted by Crippen LogP contribution is -2.50. The molecule has 0 aliphatic rings. The van der Waals surface area contributed by atoms with Crippen molar-refractivity contribution < 1.29 is 19.8 Å². The summed E-state index contributed by atoms with van der Waals surface area (Å²) in [7, 11) is 0. The molecule has 0 heterocycles. The van der Waals surface area contributed by atoms with Crippen LogP contribution in [0, 0.1) is 0 Å². The third-order valence-corrected chi connectivity index (χ3v) is 4.92. The number of nitrogens with zero attached hydrogens (tertiary/aromatic N) is 1. The second-order valence-corrected chi connectivity index (χ2v) is 7.22. The minimum Gasteiger partial charge on any atom is -0.380 e. The van der Waals surface area contributed by atoms with Crippen LogP contribution in [0.15, 0.2) is 66.9 Å². The van der Waals surface area contributed by atoms with Crippen LogP contribution < -0.4 is 10.6 Å². The Labute approximate surface area is 183 Å². The minimum atomic E-state index is -1.87. The number of amides is 2.